The summed E-state index contributed by atoms with van der Waals surface area (Å²) in [5, 5.41) is 0. The van der Waals surface area contributed by atoms with Crippen LogP contribution in [0, 0.1) is 0 Å². The van der Waals surface area contributed by atoms with E-state index in [1.54, 1.807) is 63.4 Å². The molecule has 0 radical (unpaired) electrons. The molecule has 17 heteroatoms. The Bertz CT molecular complexity index is 764. The van der Waals surface area contributed by atoms with Crippen LogP contribution in [0.5, 0.6) is 0 Å². The maximum absolute atomic E-state index is 14.2. The van der Waals surface area contributed by atoms with Crippen LogP contribution in [0.25, 0.3) is 0 Å². The van der Waals surface area contributed by atoms with Gasteiger partial charge in [0.25, 0.3) is 0 Å². The molecule has 0 spiro atoms. The van der Waals surface area contributed by atoms with Crippen molar-refractivity contribution in [2.75, 3.05) is 42.7 Å². The summed E-state index contributed by atoms with van der Waals surface area (Å²) in [5.41, 5.74) is 0. The summed E-state index contributed by atoms with van der Waals surface area (Å²) in [5.74, 6) is 0. The Morgan fingerprint density at radius 1 is 0.300 bits per heavy atom. The zero-order valence-corrected chi connectivity index (χ0v) is 34.5. The van der Waals surface area contributed by atoms with Crippen molar-refractivity contribution in [2.24, 2.45) is 0 Å². The standard InChI is InChI=1S/C33H69O16P/c1-19(35-13)31(20(2)36-14)44-25(7)41-28(10)47-50(34,48-29(11)42-26(8)45-32(21(3)37-15)22(4)38-16)49-30(12)43-27(9)46-33(23(5)39-17)24(6)40-18/h19-33H,1-18H3. The molecular weight excluding hydrogens is 683 g/mol. The molecule has 0 saturated carbocycles. The van der Waals surface area contributed by atoms with Crippen molar-refractivity contribution >= 4 is 7.82 Å². The molecule has 0 bridgehead atoms. The molecular formula is C33H69O16P. The first kappa shape index (κ1) is 49.6. The smallest absolute Gasteiger partial charge is 0.379 e. The maximum Gasteiger partial charge on any atom is 0.481 e. The van der Waals surface area contributed by atoms with Gasteiger partial charge in [-0.15, -0.1) is 0 Å². The van der Waals surface area contributed by atoms with Gasteiger partial charge in [-0.3, -0.25) is 13.6 Å². The molecule has 0 saturated heterocycles. The summed E-state index contributed by atoms with van der Waals surface area (Å²) >= 11 is 0. The van der Waals surface area contributed by atoms with Crippen molar-refractivity contribution in [1.29, 1.82) is 0 Å². The fourth-order valence-corrected chi connectivity index (χ4v) is 6.27. The van der Waals surface area contributed by atoms with Gasteiger partial charge in [0.15, 0.2) is 37.7 Å². The third kappa shape index (κ3) is 18.6. The third-order valence-corrected chi connectivity index (χ3v) is 9.70. The lowest BCUT2D eigenvalue weighted by Crippen LogP contribution is -2.42. The number of rotatable bonds is 30. The fraction of sp³-hybridized carbons (Fsp3) is 1.00. The molecule has 0 amide bonds. The van der Waals surface area contributed by atoms with E-state index in [1.807, 2.05) is 41.5 Å². The lowest BCUT2D eigenvalue weighted by Gasteiger charge is -2.34. The van der Waals surface area contributed by atoms with Crippen LogP contribution in [0.1, 0.15) is 83.1 Å². The molecule has 0 fully saturated rings. The van der Waals surface area contributed by atoms with Crippen molar-refractivity contribution in [1.82, 2.24) is 0 Å². The van der Waals surface area contributed by atoms with Crippen LogP contribution in [-0.2, 0) is 75.0 Å². The Labute approximate surface area is 301 Å². The average molecular weight is 753 g/mol. The van der Waals surface area contributed by atoms with E-state index in [0.717, 1.165) is 0 Å². The molecule has 0 aromatic carbocycles. The molecule has 0 aliphatic rings. The molecule has 0 heterocycles. The minimum absolute atomic E-state index is 0.314. The zero-order chi connectivity index (χ0) is 38.8. The van der Waals surface area contributed by atoms with Crippen LogP contribution in [0.2, 0.25) is 0 Å². The topological polar surface area (TPSA) is 156 Å². The van der Waals surface area contributed by atoms with Gasteiger partial charge in [-0.2, -0.15) is 0 Å². The number of ether oxygens (including phenoxy) is 12. The van der Waals surface area contributed by atoms with E-state index in [4.69, 9.17) is 70.4 Å². The van der Waals surface area contributed by atoms with Crippen molar-refractivity contribution < 1.29 is 75.0 Å². The van der Waals surface area contributed by atoms with Gasteiger partial charge in [0.05, 0.1) is 36.6 Å². The van der Waals surface area contributed by atoms with Gasteiger partial charge in [-0.05, 0) is 83.1 Å². The summed E-state index contributed by atoms with van der Waals surface area (Å²) in [6, 6.07) is 0. The molecule has 16 nitrogen and oxygen atoms in total. The first-order chi connectivity index (χ1) is 23.3. The van der Waals surface area contributed by atoms with E-state index in [1.165, 1.54) is 20.8 Å². The quantitative estimate of drug-likeness (QED) is 0.0656. The molecule has 0 N–H and O–H groups in total. The average Bonchev–Trinajstić information content (AvgIpc) is 3.05. The Hall–Kier alpha value is -0.370. The highest BCUT2D eigenvalue weighted by Gasteiger charge is 2.38. The second kappa shape index (κ2) is 25.6. The normalized spacial score (nSPS) is 22.8. The summed E-state index contributed by atoms with van der Waals surface area (Å²) in [7, 11) is 4.94. The van der Waals surface area contributed by atoms with Gasteiger partial charge >= 0.3 is 7.82 Å². The monoisotopic (exact) mass is 752 g/mol. The van der Waals surface area contributed by atoms with Crippen LogP contribution >= 0.6 is 7.82 Å². The molecule has 0 aromatic heterocycles. The number of phosphoric acid groups is 1. The van der Waals surface area contributed by atoms with Gasteiger partial charge in [-0.1, -0.05) is 0 Å². The van der Waals surface area contributed by atoms with Gasteiger partial charge in [-0.25, -0.2) is 4.57 Å². The zero-order valence-electron chi connectivity index (χ0n) is 33.6. The van der Waals surface area contributed by atoms with Crippen LogP contribution in [-0.4, -0.2) is 135 Å². The van der Waals surface area contributed by atoms with Gasteiger partial charge in [0, 0.05) is 42.7 Å². The minimum atomic E-state index is -4.50. The summed E-state index contributed by atoms with van der Waals surface area (Å²) in [4.78, 5) is 0. The van der Waals surface area contributed by atoms with Gasteiger partial charge in [0.1, 0.15) is 18.3 Å². The molecule has 12 unspecified atom stereocenters. The highest BCUT2D eigenvalue weighted by Crippen LogP contribution is 2.53. The predicted octanol–water partition coefficient (Wildman–Crippen LogP) is 5.64. The predicted molar refractivity (Wildman–Crippen MR) is 184 cm³/mol. The van der Waals surface area contributed by atoms with Crippen LogP contribution in [0.4, 0.5) is 0 Å². The fourth-order valence-electron chi connectivity index (χ4n) is 4.88. The Morgan fingerprint density at radius 2 is 0.480 bits per heavy atom. The summed E-state index contributed by atoms with van der Waals surface area (Å²) in [6.07, 6.45) is -9.30. The van der Waals surface area contributed by atoms with Gasteiger partial charge < -0.3 is 56.8 Å². The molecule has 0 aliphatic heterocycles. The lowest BCUT2D eigenvalue weighted by atomic mass is 10.1. The number of phosphoric ester groups is 1. The molecule has 0 rings (SSSR count). The Kier molecular flexibility index (Phi) is 25.4. The van der Waals surface area contributed by atoms with Crippen LogP contribution in [0.3, 0.4) is 0 Å². The van der Waals surface area contributed by atoms with E-state index in [9.17, 15) is 4.57 Å². The molecule has 302 valence electrons. The minimum Gasteiger partial charge on any atom is -0.379 e. The van der Waals surface area contributed by atoms with Crippen molar-refractivity contribution in [3.8, 4) is 0 Å². The third-order valence-electron chi connectivity index (χ3n) is 8.04. The SMILES string of the molecule is COC(C)C(OC(C)OC(C)OP(=O)(OC(C)OC(C)OC(C(C)OC)C(C)OC)OC(C)OC(C)OC(C(C)OC)C(C)OC)C(C)OC. The second-order valence-electron chi connectivity index (χ2n) is 12.0. The largest absolute Gasteiger partial charge is 0.481 e. The highest BCUT2D eigenvalue weighted by atomic mass is 31.2. The maximum atomic E-state index is 14.2. The van der Waals surface area contributed by atoms with E-state index in [2.05, 4.69) is 0 Å². The Morgan fingerprint density at radius 3 is 0.640 bits per heavy atom. The van der Waals surface area contributed by atoms with Crippen LogP contribution < -0.4 is 0 Å². The molecule has 0 aliphatic carbocycles. The lowest BCUT2D eigenvalue weighted by molar-refractivity contribution is -0.272. The second-order valence-corrected chi connectivity index (χ2v) is 13.6. The first-order valence-electron chi connectivity index (χ1n) is 17.1. The van der Waals surface area contributed by atoms with E-state index >= 15 is 0 Å². The van der Waals surface area contributed by atoms with Gasteiger partial charge in [0.2, 0.25) is 0 Å². The summed E-state index contributed by atoms with van der Waals surface area (Å²) < 4.78 is 100. The number of hydrogen-bond acceptors (Lipinski definition) is 16. The number of hydrogen-bond donors (Lipinski definition) is 0. The highest BCUT2D eigenvalue weighted by molar-refractivity contribution is 7.48. The van der Waals surface area contributed by atoms with Crippen LogP contribution in [0.15, 0.2) is 0 Å². The van der Waals surface area contributed by atoms with E-state index in [0.29, 0.717) is 0 Å². The van der Waals surface area contributed by atoms with E-state index in [-0.39, 0.29) is 36.6 Å². The first-order valence-corrected chi connectivity index (χ1v) is 18.5. The summed E-state index contributed by atoms with van der Waals surface area (Å²) in [6.45, 7) is 20.7. The Balaban J connectivity index is 5.95. The van der Waals surface area contributed by atoms with E-state index < -0.39 is 63.9 Å². The van der Waals surface area contributed by atoms with Crippen molar-refractivity contribution in [3.63, 3.8) is 0 Å². The van der Waals surface area contributed by atoms with Crippen molar-refractivity contribution in [3.05, 3.63) is 0 Å². The molecule has 0 aromatic rings. The molecule has 12 atom stereocenters. The molecule has 50 heavy (non-hydrogen) atoms. The van der Waals surface area contributed by atoms with Crippen molar-refractivity contribution in [2.45, 2.75) is 176 Å². The number of methoxy groups -OCH3 is 6.